The van der Waals surface area contributed by atoms with Gasteiger partial charge in [0.1, 0.15) is 11.8 Å². The normalized spacial score (nSPS) is 10.2. The summed E-state index contributed by atoms with van der Waals surface area (Å²) in [5.74, 6) is 0. The van der Waals surface area contributed by atoms with Crippen molar-refractivity contribution in [2.24, 2.45) is 7.05 Å². The predicted octanol–water partition coefficient (Wildman–Crippen LogP) is 2.39. The molecule has 0 bridgehead atoms. The lowest BCUT2D eigenvalue weighted by molar-refractivity contribution is 0.883. The molecular weight excluding hydrogens is 210 g/mol. The van der Waals surface area contributed by atoms with Gasteiger partial charge in [-0.3, -0.25) is 0 Å². The molecular formula is C14H15N3. The van der Waals surface area contributed by atoms with Gasteiger partial charge in [-0.1, -0.05) is 29.8 Å². The number of aryl methyl sites for hydroxylation is 4. The standard InChI is InChI=1S/C14H15N3/c1-11-4-3-5-12(8-11)6-7-13-14(9-15)17(2)10-16-13/h3-5,8,10H,6-7H2,1-2H3. The number of rotatable bonds is 3. The van der Waals surface area contributed by atoms with E-state index in [4.69, 9.17) is 5.26 Å². The maximum absolute atomic E-state index is 9.02. The second-order valence-electron chi connectivity index (χ2n) is 4.25. The summed E-state index contributed by atoms with van der Waals surface area (Å²) in [4.78, 5) is 4.26. The van der Waals surface area contributed by atoms with E-state index in [9.17, 15) is 0 Å². The number of nitrogens with zero attached hydrogens (tertiary/aromatic N) is 3. The van der Waals surface area contributed by atoms with Gasteiger partial charge in [-0.2, -0.15) is 5.26 Å². The molecule has 0 radical (unpaired) electrons. The molecule has 1 aromatic heterocycles. The van der Waals surface area contributed by atoms with E-state index in [1.807, 2.05) is 7.05 Å². The van der Waals surface area contributed by atoms with Crippen molar-refractivity contribution in [2.75, 3.05) is 0 Å². The lowest BCUT2D eigenvalue weighted by Gasteiger charge is -2.01. The molecule has 3 heteroatoms. The molecule has 0 saturated heterocycles. The Labute approximate surface area is 101 Å². The molecule has 0 aliphatic rings. The largest absolute Gasteiger partial charge is 0.325 e. The van der Waals surface area contributed by atoms with Crippen LogP contribution in [0.15, 0.2) is 30.6 Å². The molecule has 0 saturated carbocycles. The molecule has 3 nitrogen and oxygen atoms in total. The van der Waals surface area contributed by atoms with Crippen molar-refractivity contribution in [3.8, 4) is 6.07 Å². The number of aromatic nitrogens is 2. The zero-order valence-electron chi connectivity index (χ0n) is 10.1. The fourth-order valence-corrected chi connectivity index (χ4v) is 1.94. The highest BCUT2D eigenvalue weighted by molar-refractivity contribution is 5.29. The third kappa shape index (κ3) is 2.54. The van der Waals surface area contributed by atoms with E-state index >= 15 is 0 Å². The van der Waals surface area contributed by atoms with E-state index in [1.54, 1.807) is 10.9 Å². The van der Waals surface area contributed by atoms with Crippen LogP contribution in [0.2, 0.25) is 0 Å². The first-order valence-electron chi connectivity index (χ1n) is 5.66. The Balaban J connectivity index is 2.10. The summed E-state index contributed by atoms with van der Waals surface area (Å²) in [6.07, 6.45) is 3.44. The van der Waals surface area contributed by atoms with Gasteiger partial charge in [0.2, 0.25) is 0 Å². The van der Waals surface area contributed by atoms with Crippen LogP contribution in [0.3, 0.4) is 0 Å². The van der Waals surface area contributed by atoms with Gasteiger partial charge < -0.3 is 4.57 Å². The first-order chi connectivity index (χ1) is 8.20. The van der Waals surface area contributed by atoms with Crippen LogP contribution in [0.25, 0.3) is 0 Å². The highest BCUT2D eigenvalue weighted by Crippen LogP contribution is 2.11. The number of hydrogen-bond acceptors (Lipinski definition) is 2. The Bertz CT molecular complexity index is 561. The lowest BCUT2D eigenvalue weighted by Crippen LogP contribution is -1.97. The third-order valence-corrected chi connectivity index (χ3v) is 2.85. The van der Waals surface area contributed by atoms with E-state index in [2.05, 4.69) is 42.2 Å². The van der Waals surface area contributed by atoms with Crippen LogP contribution < -0.4 is 0 Å². The highest BCUT2D eigenvalue weighted by atomic mass is 15.0. The summed E-state index contributed by atoms with van der Waals surface area (Å²) in [5.41, 5.74) is 4.11. The van der Waals surface area contributed by atoms with Crippen LogP contribution >= 0.6 is 0 Å². The van der Waals surface area contributed by atoms with Crippen LogP contribution in [-0.4, -0.2) is 9.55 Å². The van der Waals surface area contributed by atoms with Crippen molar-refractivity contribution < 1.29 is 0 Å². The van der Waals surface area contributed by atoms with Crippen LogP contribution in [0.5, 0.6) is 0 Å². The molecule has 0 fully saturated rings. The number of imidazole rings is 1. The van der Waals surface area contributed by atoms with Crippen LogP contribution in [0, 0.1) is 18.3 Å². The first kappa shape index (κ1) is 11.4. The second kappa shape index (κ2) is 4.84. The van der Waals surface area contributed by atoms with Crippen LogP contribution in [0.1, 0.15) is 22.5 Å². The minimum absolute atomic E-state index is 0.664. The SMILES string of the molecule is Cc1cccc(CCc2ncn(C)c2C#N)c1. The first-order valence-corrected chi connectivity index (χ1v) is 5.66. The van der Waals surface area contributed by atoms with Crippen molar-refractivity contribution in [3.05, 3.63) is 53.1 Å². The molecule has 0 unspecified atom stereocenters. The van der Waals surface area contributed by atoms with Crippen LogP contribution in [0.4, 0.5) is 0 Å². The summed E-state index contributed by atoms with van der Waals surface area (Å²) in [6.45, 7) is 2.09. The molecule has 2 rings (SSSR count). The number of hydrogen-bond donors (Lipinski definition) is 0. The van der Waals surface area contributed by atoms with Crippen molar-refractivity contribution >= 4 is 0 Å². The Kier molecular flexibility index (Phi) is 3.24. The number of nitriles is 1. The van der Waals surface area contributed by atoms with Crippen molar-refractivity contribution in [2.45, 2.75) is 19.8 Å². The fraction of sp³-hybridized carbons (Fsp3) is 0.286. The zero-order chi connectivity index (χ0) is 12.3. The highest BCUT2D eigenvalue weighted by Gasteiger charge is 2.07. The third-order valence-electron chi connectivity index (χ3n) is 2.85. The maximum atomic E-state index is 9.02. The van der Waals surface area contributed by atoms with Gasteiger partial charge in [-0.25, -0.2) is 4.98 Å². The molecule has 2 aromatic rings. The average molecular weight is 225 g/mol. The van der Waals surface area contributed by atoms with Gasteiger partial charge in [-0.05, 0) is 25.3 Å². The van der Waals surface area contributed by atoms with Gasteiger partial charge in [-0.15, -0.1) is 0 Å². The Morgan fingerprint density at radius 3 is 2.88 bits per heavy atom. The Morgan fingerprint density at radius 1 is 1.35 bits per heavy atom. The predicted molar refractivity (Wildman–Crippen MR) is 66.5 cm³/mol. The quantitative estimate of drug-likeness (QED) is 0.804. The second-order valence-corrected chi connectivity index (χ2v) is 4.25. The zero-order valence-corrected chi connectivity index (χ0v) is 10.1. The summed E-state index contributed by atoms with van der Waals surface area (Å²) in [7, 11) is 1.85. The lowest BCUT2D eigenvalue weighted by atomic mass is 10.1. The Morgan fingerprint density at radius 2 is 2.18 bits per heavy atom. The Hall–Kier alpha value is -2.08. The van der Waals surface area contributed by atoms with Crippen molar-refractivity contribution in [3.63, 3.8) is 0 Å². The van der Waals surface area contributed by atoms with E-state index in [0.717, 1.165) is 18.5 Å². The van der Waals surface area contributed by atoms with Crippen LogP contribution in [-0.2, 0) is 19.9 Å². The number of benzene rings is 1. The molecule has 17 heavy (non-hydrogen) atoms. The molecule has 0 N–H and O–H groups in total. The molecule has 0 spiro atoms. The smallest absolute Gasteiger partial charge is 0.142 e. The van der Waals surface area contributed by atoms with Crippen molar-refractivity contribution in [1.29, 1.82) is 5.26 Å². The van der Waals surface area contributed by atoms with E-state index in [0.29, 0.717) is 5.69 Å². The fourth-order valence-electron chi connectivity index (χ4n) is 1.94. The minimum atomic E-state index is 0.664. The molecule has 1 heterocycles. The molecule has 1 aromatic carbocycles. The topological polar surface area (TPSA) is 41.6 Å². The van der Waals surface area contributed by atoms with Gasteiger partial charge in [0.15, 0.2) is 0 Å². The minimum Gasteiger partial charge on any atom is -0.325 e. The molecule has 0 amide bonds. The molecule has 0 atom stereocenters. The van der Waals surface area contributed by atoms with Gasteiger partial charge in [0, 0.05) is 7.05 Å². The molecule has 0 aliphatic heterocycles. The summed E-state index contributed by atoms with van der Waals surface area (Å²) >= 11 is 0. The molecule has 86 valence electrons. The summed E-state index contributed by atoms with van der Waals surface area (Å²) < 4.78 is 1.77. The van der Waals surface area contributed by atoms with Crippen molar-refractivity contribution in [1.82, 2.24) is 9.55 Å². The molecule has 0 aliphatic carbocycles. The van der Waals surface area contributed by atoms with Gasteiger partial charge in [0.25, 0.3) is 0 Å². The average Bonchev–Trinajstić information content (AvgIpc) is 2.67. The monoisotopic (exact) mass is 225 g/mol. The van der Waals surface area contributed by atoms with Gasteiger partial charge in [0.05, 0.1) is 12.0 Å². The van der Waals surface area contributed by atoms with E-state index in [1.165, 1.54) is 11.1 Å². The van der Waals surface area contributed by atoms with E-state index in [-0.39, 0.29) is 0 Å². The van der Waals surface area contributed by atoms with Gasteiger partial charge >= 0.3 is 0 Å². The summed E-state index contributed by atoms with van der Waals surface area (Å²) in [5, 5.41) is 9.02. The van der Waals surface area contributed by atoms with E-state index < -0.39 is 0 Å². The maximum Gasteiger partial charge on any atom is 0.142 e. The summed E-state index contributed by atoms with van der Waals surface area (Å²) in [6, 6.07) is 10.6.